The molecule has 0 aliphatic carbocycles. The number of methoxy groups -OCH3 is 1. The lowest BCUT2D eigenvalue weighted by atomic mass is 9.97. The van der Waals surface area contributed by atoms with Gasteiger partial charge in [-0.2, -0.15) is 9.61 Å². The van der Waals surface area contributed by atoms with Crippen LogP contribution in [0.25, 0.3) is 16.9 Å². The van der Waals surface area contributed by atoms with Gasteiger partial charge in [0.25, 0.3) is 0 Å². The normalized spacial score (nSPS) is 16.2. The number of carbonyl (C=O) groups excluding carboxylic acids is 1. The van der Waals surface area contributed by atoms with E-state index in [-0.39, 0.29) is 5.97 Å². The molecule has 0 spiro atoms. The molecule has 0 amide bonds. The molecule has 0 radical (unpaired) electrons. The van der Waals surface area contributed by atoms with E-state index in [2.05, 4.69) is 31.2 Å². The van der Waals surface area contributed by atoms with Gasteiger partial charge in [0.15, 0.2) is 5.65 Å². The number of nitrogens with one attached hydrogen (secondary N) is 1. The Kier molecular flexibility index (Phi) is 7.55. The molecule has 1 unspecified atom stereocenters. The number of hydrogen-bond donors (Lipinski definition) is 1. The predicted octanol–water partition coefficient (Wildman–Crippen LogP) is 5.92. The van der Waals surface area contributed by atoms with Crippen LogP contribution in [-0.4, -0.2) is 52.2 Å². The number of piperidine rings is 1. The van der Waals surface area contributed by atoms with Crippen molar-refractivity contribution >= 4 is 45.0 Å². The monoisotopic (exact) mass is 567 g/mol. The molecule has 1 saturated heterocycles. The Morgan fingerprint density at radius 3 is 2.81 bits per heavy atom. The van der Waals surface area contributed by atoms with Gasteiger partial charge in [0.1, 0.15) is 5.82 Å². The van der Waals surface area contributed by atoms with Crippen molar-refractivity contribution in [2.45, 2.75) is 19.4 Å². The second kappa shape index (κ2) is 11.0. The van der Waals surface area contributed by atoms with E-state index in [0.717, 1.165) is 59.8 Å². The number of fused-ring (bicyclic) bond motifs is 1. The zero-order valence-electron chi connectivity index (χ0n) is 20.0. The van der Waals surface area contributed by atoms with Gasteiger partial charge in [0.05, 0.1) is 29.0 Å². The summed E-state index contributed by atoms with van der Waals surface area (Å²) >= 11 is 10.0. The van der Waals surface area contributed by atoms with Crippen molar-refractivity contribution in [3.63, 3.8) is 0 Å². The van der Waals surface area contributed by atoms with Gasteiger partial charge in [0, 0.05) is 36.3 Å². The molecule has 3 heterocycles. The number of halogens is 2. The summed E-state index contributed by atoms with van der Waals surface area (Å²) < 4.78 is 7.46. The summed E-state index contributed by atoms with van der Waals surface area (Å²) in [6.07, 6.45) is 4.08. The second-order valence-electron chi connectivity index (χ2n) is 9.05. The summed E-state index contributed by atoms with van der Waals surface area (Å²) in [6, 6.07) is 17.4. The smallest absolute Gasteiger partial charge is 0.337 e. The average molecular weight is 569 g/mol. The third kappa shape index (κ3) is 5.40. The molecule has 186 valence electrons. The van der Waals surface area contributed by atoms with Gasteiger partial charge < -0.3 is 10.1 Å². The number of benzene rings is 2. The minimum atomic E-state index is -0.308. The molecule has 1 aliphatic heterocycles. The largest absolute Gasteiger partial charge is 0.465 e. The molecule has 7 nitrogen and oxygen atoms in total. The summed E-state index contributed by atoms with van der Waals surface area (Å²) in [4.78, 5) is 19.0. The average Bonchev–Trinajstić information content (AvgIpc) is 3.28. The van der Waals surface area contributed by atoms with E-state index in [9.17, 15) is 4.79 Å². The van der Waals surface area contributed by atoms with Gasteiger partial charge in [-0.05, 0) is 65.0 Å². The number of rotatable bonds is 7. The van der Waals surface area contributed by atoms with Crippen LogP contribution in [0.1, 0.15) is 28.8 Å². The molecule has 5 rings (SSSR count). The molecule has 0 saturated carbocycles. The summed E-state index contributed by atoms with van der Waals surface area (Å²) in [6.45, 7) is 3.76. The molecule has 9 heteroatoms. The number of hydrogen-bond acceptors (Lipinski definition) is 6. The maximum Gasteiger partial charge on any atom is 0.337 e. The third-order valence-corrected chi connectivity index (χ3v) is 7.42. The lowest BCUT2D eigenvalue weighted by Gasteiger charge is -2.33. The standard InChI is InChI=1S/C27H27BrClN5O2/c1-36-27(35)20-10-8-18(9-11-20)16-33-12-4-5-19(17-33)14-30-25-13-24(21-6-2-3-7-23(21)29)32-26-22(28)15-31-34(25)26/h2-3,6-11,13,15,19,30H,4-5,12,14,16-17H2,1H3. The Hall–Kier alpha value is -2.94. The minimum absolute atomic E-state index is 0.308. The maximum atomic E-state index is 11.7. The van der Waals surface area contributed by atoms with Crippen LogP contribution in [0.5, 0.6) is 0 Å². The van der Waals surface area contributed by atoms with Gasteiger partial charge in [0.2, 0.25) is 0 Å². The van der Waals surface area contributed by atoms with E-state index < -0.39 is 0 Å². The van der Waals surface area contributed by atoms with E-state index in [1.54, 1.807) is 6.20 Å². The van der Waals surface area contributed by atoms with Crippen LogP contribution < -0.4 is 5.32 Å². The Morgan fingerprint density at radius 2 is 2.03 bits per heavy atom. The van der Waals surface area contributed by atoms with Crippen molar-refractivity contribution in [2.75, 3.05) is 32.1 Å². The maximum absolute atomic E-state index is 11.7. The Balaban J connectivity index is 1.28. The van der Waals surface area contributed by atoms with Crippen molar-refractivity contribution in [3.8, 4) is 11.3 Å². The molecule has 1 aliphatic rings. The number of carbonyl (C=O) groups is 1. The Bertz CT molecular complexity index is 1370. The fourth-order valence-electron chi connectivity index (χ4n) is 4.70. The lowest BCUT2D eigenvalue weighted by Crippen LogP contribution is -2.37. The van der Waals surface area contributed by atoms with Gasteiger partial charge in [-0.1, -0.05) is 41.9 Å². The first kappa shape index (κ1) is 24.7. The fraction of sp³-hybridized carbons (Fsp3) is 0.296. The quantitative estimate of drug-likeness (QED) is 0.279. The number of likely N-dealkylation sites (tertiary alicyclic amines) is 1. The van der Waals surface area contributed by atoms with Crippen molar-refractivity contribution in [1.29, 1.82) is 0 Å². The van der Waals surface area contributed by atoms with E-state index in [1.807, 2.05) is 59.1 Å². The molecular formula is C27H27BrClN5O2. The number of esters is 1. The zero-order valence-corrected chi connectivity index (χ0v) is 22.3. The van der Waals surface area contributed by atoms with Crippen molar-refractivity contribution in [1.82, 2.24) is 19.5 Å². The first-order chi connectivity index (χ1) is 17.5. The van der Waals surface area contributed by atoms with Gasteiger partial charge in [-0.3, -0.25) is 4.90 Å². The van der Waals surface area contributed by atoms with E-state index in [4.69, 9.17) is 21.3 Å². The van der Waals surface area contributed by atoms with E-state index in [1.165, 1.54) is 19.1 Å². The van der Waals surface area contributed by atoms with Crippen LogP contribution >= 0.6 is 27.5 Å². The molecule has 4 aromatic rings. The highest BCUT2D eigenvalue weighted by molar-refractivity contribution is 9.10. The van der Waals surface area contributed by atoms with E-state index in [0.29, 0.717) is 16.5 Å². The lowest BCUT2D eigenvalue weighted by molar-refractivity contribution is 0.0600. The van der Waals surface area contributed by atoms with Crippen molar-refractivity contribution in [2.24, 2.45) is 5.92 Å². The highest BCUT2D eigenvalue weighted by Gasteiger charge is 2.21. The first-order valence-corrected chi connectivity index (χ1v) is 13.1. The highest BCUT2D eigenvalue weighted by atomic mass is 79.9. The van der Waals surface area contributed by atoms with Gasteiger partial charge >= 0.3 is 5.97 Å². The fourth-order valence-corrected chi connectivity index (χ4v) is 5.28. The topological polar surface area (TPSA) is 71.8 Å². The first-order valence-electron chi connectivity index (χ1n) is 11.9. The van der Waals surface area contributed by atoms with Crippen LogP contribution in [0.15, 0.2) is 65.3 Å². The van der Waals surface area contributed by atoms with Crippen LogP contribution in [0, 0.1) is 5.92 Å². The van der Waals surface area contributed by atoms with Crippen molar-refractivity contribution in [3.05, 3.63) is 81.4 Å². The summed E-state index contributed by atoms with van der Waals surface area (Å²) in [5.74, 6) is 1.08. The number of anilines is 1. The molecule has 2 aromatic heterocycles. The van der Waals surface area contributed by atoms with Crippen LogP contribution in [0.3, 0.4) is 0 Å². The third-order valence-electron chi connectivity index (χ3n) is 6.53. The highest BCUT2D eigenvalue weighted by Crippen LogP contribution is 2.30. The van der Waals surface area contributed by atoms with E-state index >= 15 is 0 Å². The number of aromatic nitrogens is 3. The molecule has 2 aromatic carbocycles. The summed E-state index contributed by atoms with van der Waals surface area (Å²) in [5.41, 5.74) is 4.21. The minimum Gasteiger partial charge on any atom is -0.465 e. The predicted molar refractivity (Wildman–Crippen MR) is 145 cm³/mol. The molecular weight excluding hydrogens is 542 g/mol. The molecule has 0 bridgehead atoms. The van der Waals surface area contributed by atoms with Gasteiger partial charge in [-0.15, -0.1) is 0 Å². The van der Waals surface area contributed by atoms with Crippen LogP contribution in [0.4, 0.5) is 5.82 Å². The molecule has 1 N–H and O–H groups in total. The number of nitrogens with zero attached hydrogens (tertiary/aromatic N) is 4. The van der Waals surface area contributed by atoms with Gasteiger partial charge in [-0.25, -0.2) is 9.78 Å². The molecule has 1 atom stereocenters. The summed E-state index contributed by atoms with van der Waals surface area (Å²) in [5, 5.41) is 8.80. The Labute approximate surface area is 223 Å². The second-order valence-corrected chi connectivity index (χ2v) is 10.3. The van der Waals surface area contributed by atoms with Crippen LogP contribution in [0.2, 0.25) is 5.02 Å². The molecule has 36 heavy (non-hydrogen) atoms. The van der Waals surface area contributed by atoms with Crippen LogP contribution in [-0.2, 0) is 11.3 Å². The molecule has 1 fully saturated rings. The zero-order chi connectivity index (χ0) is 25.1. The summed E-state index contributed by atoms with van der Waals surface area (Å²) in [7, 11) is 1.40. The number of ether oxygens (including phenoxy) is 1. The SMILES string of the molecule is COC(=O)c1ccc(CN2CCCC(CNc3cc(-c4ccccc4Cl)nc4c(Br)cnn34)C2)cc1. The van der Waals surface area contributed by atoms with Crippen molar-refractivity contribution < 1.29 is 9.53 Å². The Morgan fingerprint density at radius 1 is 1.22 bits per heavy atom.